The van der Waals surface area contributed by atoms with E-state index in [0.717, 1.165) is 31.2 Å². The van der Waals surface area contributed by atoms with Crippen LogP contribution in [0.15, 0.2) is 24.3 Å². The van der Waals surface area contributed by atoms with Crippen molar-refractivity contribution >= 4 is 0 Å². The summed E-state index contributed by atoms with van der Waals surface area (Å²) in [5.41, 5.74) is 6.26. The Balaban J connectivity index is 2.06. The van der Waals surface area contributed by atoms with Crippen LogP contribution in [-0.4, -0.2) is 35.7 Å². The third-order valence-corrected chi connectivity index (χ3v) is 4.09. The van der Waals surface area contributed by atoms with Crippen LogP contribution in [0.2, 0.25) is 0 Å². The summed E-state index contributed by atoms with van der Waals surface area (Å²) in [5.74, 6) is -0.239. The molecular weight excluding hydrogens is 243 g/mol. The van der Waals surface area contributed by atoms with Gasteiger partial charge in [-0.2, -0.15) is 0 Å². The van der Waals surface area contributed by atoms with Crippen molar-refractivity contribution < 1.29 is 9.50 Å². The van der Waals surface area contributed by atoms with E-state index in [4.69, 9.17) is 5.73 Å². The van der Waals surface area contributed by atoms with Crippen LogP contribution in [-0.2, 0) is 0 Å². The molecule has 1 fully saturated rings. The molecule has 1 atom stereocenters. The molecule has 3 N–H and O–H groups in total. The summed E-state index contributed by atoms with van der Waals surface area (Å²) in [5, 5.41) is 10.5. The molecule has 106 valence electrons. The lowest BCUT2D eigenvalue weighted by molar-refractivity contribution is 0.00592. The Bertz CT molecular complexity index is 401. The largest absolute Gasteiger partial charge is 0.389 e. The molecule has 3 nitrogen and oxygen atoms in total. The lowest BCUT2D eigenvalue weighted by Gasteiger charge is -2.34. The number of halogens is 1. The number of hydrogen-bond donors (Lipinski definition) is 2. The minimum Gasteiger partial charge on any atom is -0.389 e. The van der Waals surface area contributed by atoms with E-state index in [-0.39, 0.29) is 11.9 Å². The van der Waals surface area contributed by atoms with Crippen LogP contribution in [0.5, 0.6) is 0 Å². The van der Waals surface area contributed by atoms with Gasteiger partial charge in [0.15, 0.2) is 0 Å². The summed E-state index contributed by atoms with van der Waals surface area (Å²) in [6.45, 7) is 1.07. The number of nitrogens with two attached hydrogens (primary N) is 1. The Morgan fingerprint density at radius 2 is 1.89 bits per heavy atom. The minimum atomic E-state index is -0.581. The molecule has 0 aliphatic heterocycles. The van der Waals surface area contributed by atoms with Crippen LogP contribution in [0, 0.1) is 5.82 Å². The fourth-order valence-corrected chi connectivity index (χ4v) is 3.02. The molecule has 0 aromatic heterocycles. The molecular formula is C15H23FN2O. The maximum atomic E-state index is 13.0. The number of hydrogen-bond acceptors (Lipinski definition) is 3. The second-order valence-corrected chi connectivity index (χ2v) is 5.65. The van der Waals surface area contributed by atoms with Gasteiger partial charge < -0.3 is 10.8 Å². The third-order valence-electron chi connectivity index (χ3n) is 4.09. The molecule has 19 heavy (non-hydrogen) atoms. The average Bonchev–Trinajstić information content (AvgIpc) is 2.79. The highest BCUT2D eigenvalue weighted by Gasteiger charge is 2.33. The van der Waals surface area contributed by atoms with Gasteiger partial charge in [-0.05, 0) is 37.6 Å². The number of nitrogens with zero attached hydrogens (tertiary/aromatic N) is 1. The first-order valence-corrected chi connectivity index (χ1v) is 6.92. The van der Waals surface area contributed by atoms with Crippen molar-refractivity contribution in [2.45, 2.75) is 37.3 Å². The van der Waals surface area contributed by atoms with E-state index in [0.29, 0.717) is 13.1 Å². The van der Waals surface area contributed by atoms with E-state index in [1.54, 1.807) is 12.1 Å². The third kappa shape index (κ3) is 3.53. The van der Waals surface area contributed by atoms with Gasteiger partial charge in [0.1, 0.15) is 5.82 Å². The number of benzene rings is 1. The first-order chi connectivity index (χ1) is 9.04. The quantitative estimate of drug-likeness (QED) is 0.857. The van der Waals surface area contributed by atoms with Crippen molar-refractivity contribution in [2.24, 2.45) is 5.73 Å². The van der Waals surface area contributed by atoms with Gasteiger partial charge in [0.05, 0.1) is 5.60 Å². The fraction of sp³-hybridized carbons (Fsp3) is 0.600. The molecule has 1 aromatic carbocycles. The van der Waals surface area contributed by atoms with Gasteiger partial charge in [0, 0.05) is 19.1 Å². The smallest absolute Gasteiger partial charge is 0.123 e. The molecule has 1 saturated carbocycles. The van der Waals surface area contributed by atoms with Crippen molar-refractivity contribution in [1.29, 1.82) is 0 Å². The van der Waals surface area contributed by atoms with E-state index in [9.17, 15) is 9.50 Å². The predicted molar refractivity (Wildman–Crippen MR) is 74.2 cm³/mol. The fourth-order valence-electron chi connectivity index (χ4n) is 3.02. The molecule has 0 heterocycles. The molecule has 0 saturated heterocycles. The van der Waals surface area contributed by atoms with E-state index in [1.807, 2.05) is 7.05 Å². The second kappa shape index (κ2) is 5.99. The van der Waals surface area contributed by atoms with Crippen molar-refractivity contribution in [3.8, 4) is 0 Å². The van der Waals surface area contributed by atoms with Crippen LogP contribution in [0.4, 0.5) is 4.39 Å². The summed E-state index contributed by atoms with van der Waals surface area (Å²) in [6, 6.07) is 6.46. The summed E-state index contributed by atoms with van der Waals surface area (Å²) in [6.07, 6.45) is 3.90. The Hall–Kier alpha value is -0.970. The zero-order valence-corrected chi connectivity index (χ0v) is 11.5. The summed E-state index contributed by atoms with van der Waals surface area (Å²) < 4.78 is 13.0. The monoisotopic (exact) mass is 266 g/mol. The first kappa shape index (κ1) is 14.4. The number of aliphatic hydroxyl groups is 1. The zero-order valence-electron chi connectivity index (χ0n) is 11.5. The Labute approximate surface area is 114 Å². The molecule has 0 radical (unpaired) electrons. The normalized spacial score (nSPS) is 19.8. The molecule has 1 aliphatic rings. The lowest BCUT2D eigenvalue weighted by atomic mass is 9.99. The van der Waals surface area contributed by atoms with Gasteiger partial charge in [-0.25, -0.2) is 4.39 Å². The highest BCUT2D eigenvalue weighted by Crippen LogP contribution is 2.32. The zero-order chi connectivity index (χ0) is 13.9. The second-order valence-electron chi connectivity index (χ2n) is 5.65. The summed E-state index contributed by atoms with van der Waals surface area (Å²) in [7, 11) is 1.97. The van der Waals surface area contributed by atoms with E-state index in [2.05, 4.69) is 4.90 Å². The van der Waals surface area contributed by atoms with Crippen LogP contribution in [0.25, 0.3) is 0 Å². The standard InChI is InChI=1S/C15H23FN2O/c1-18(11-15(19)8-2-3-9-15)14(10-17)12-4-6-13(16)7-5-12/h4-7,14,19H,2-3,8-11,17H2,1H3. The summed E-state index contributed by atoms with van der Waals surface area (Å²) >= 11 is 0. The minimum absolute atomic E-state index is 0.0187. The SMILES string of the molecule is CN(CC1(O)CCCC1)C(CN)c1ccc(F)cc1. The van der Waals surface area contributed by atoms with Crippen LogP contribution >= 0.6 is 0 Å². The first-order valence-electron chi connectivity index (χ1n) is 6.92. The topological polar surface area (TPSA) is 49.5 Å². The molecule has 2 rings (SSSR count). The predicted octanol–water partition coefficient (Wildman–Crippen LogP) is 2.06. The van der Waals surface area contributed by atoms with E-state index in [1.165, 1.54) is 12.1 Å². The highest BCUT2D eigenvalue weighted by molar-refractivity contribution is 5.20. The van der Waals surface area contributed by atoms with Crippen molar-refractivity contribution in [3.05, 3.63) is 35.6 Å². The number of rotatable bonds is 5. The molecule has 0 amide bonds. The Morgan fingerprint density at radius 3 is 2.42 bits per heavy atom. The molecule has 1 aromatic rings. The molecule has 0 bridgehead atoms. The van der Waals surface area contributed by atoms with Crippen LogP contribution in [0.1, 0.15) is 37.3 Å². The van der Waals surface area contributed by atoms with Gasteiger partial charge in [-0.15, -0.1) is 0 Å². The van der Waals surface area contributed by atoms with Gasteiger partial charge in [-0.1, -0.05) is 25.0 Å². The van der Waals surface area contributed by atoms with Gasteiger partial charge >= 0.3 is 0 Å². The molecule has 0 spiro atoms. The van der Waals surface area contributed by atoms with E-state index >= 15 is 0 Å². The maximum Gasteiger partial charge on any atom is 0.123 e. The van der Waals surface area contributed by atoms with E-state index < -0.39 is 5.60 Å². The lowest BCUT2D eigenvalue weighted by Crippen LogP contribution is -2.42. The molecule has 1 aliphatic carbocycles. The van der Waals surface area contributed by atoms with Gasteiger partial charge in [0.25, 0.3) is 0 Å². The Morgan fingerprint density at radius 1 is 1.32 bits per heavy atom. The summed E-state index contributed by atoms with van der Waals surface area (Å²) in [4.78, 5) is 2.08. The molecule has 1 unspecified atom stereocenters. The van der Waals surface area contributed by atoms with Crippen molar-refractivity contribution in [1.82, 2.24) is 4.90 Å². The Kier molecular flexibility index (Phi) is 4.55. The average molecular weight is 266 g/mol. The number of likely N-dealkylation sites (N-methyl/N-ethyl adjacent to an activating group) is 1. The van der Waals surface area contributed by atoms with Crippen LogP contribution in [0.3, 0.4) is 0 Å². The van der Waals surface area contributed by atoms with Gasteiger partial charge in [-0.3, -0.25) is 4.90 Å². The maximum absolute atomic E-state index is 13.0. The highest BCUT2D eigenvalue weighted by atomic mass is 19.1. The van der Waals surface area contributed by atoms with Crippen molar-refractivity contribution in [3.63, 3.8) is 0 Å². The molecule has 4 heteroatoms. The van der Waals surface area contributed by atoms with Crippen LogP contribution < -0.4 is 5.73 Å². The van der Waals surface area contributed by atoms with Gasteiger partial charge in [0.2, 0.25) is 0 Å². The van der Waals surface area contributed by atoms with Crippen molar-refractivity contribution in [2.75, 3.05) is 20.1 Å².